The van der Waals surface area contributed by atoms with Crippen molar-refractivity contribution in [2.45, 2.75) is 38.8 Å². The molecule has 122 valence electrons. The van der Waals surface area contributed by atoms with Crippen LogP contribution in [0.5, 0.6) is 0 Å². The number of fused-ring (bicyclic) bond motifs is 3. The van der Waals surface area contributed by atoms with Gasteiger partial charge < -0.3 is 9.64 Å². The number of halogens is 1. The molecule has 8 heteroatoms. The van der Waals surface area contributed by atoms with Gasteiger partial charge in [-0.25, -0.2) is 4.79 Å². The molecule has 2 aliphatic heterocycles. The summed E-state index contributed by atoms with van der Waals surface area (Å²) in [5, 5.41) is 17.4. The molecule has 0 N–H and O–H groups in total. The number of rotatable bonds is 0. The van der Waals surface area contributed by atoms with Crippen molar-refractivity contribution in [1.29, 1.82) is 5.26 Å². The van der Waals surface area contributed by atoms with Crippen LogP contribution in [0.1, 0.15) is 27.2 Å². The minimum atomic E-state index is -0.598. The SMILES string of the molecule is CC(C)(C)OC(=O)N1C[C@H]2C[C@@H](C#N)CN2c2cc(Cl)nnc21. The molecule has 1 fully saturated rings. The lowest BCUT2D eigenvalue weighted by molar-refractivity contribution is 0.0575. The zero-order chi connectivity index (χ0) is 16.8. The highest BCUT2D eigenvalue weighted by Gasteiger charge is 2.42. The van der Waals surface area contributed by atoms with Gasteiger partial charge in [-0.2, -0.15) is 5.26 Å². The Morgan fingerprint density at radius 3 is 2.83 bits per heavy atom. The molecule has 1 saturated heterocycles. The van der Waals surface area contributed by atoms with E-state index in [9.17, 15) is 10.1 Å². The van der Waals surface area contributed by atoms with Gasteiger partial charge in [-0.3, -0.25) is 4.90 Å². The number of ether oxygens (including phenoxy) is 1. The predicted octanol–water partition coefficient (Wildman–Crippen LogP) is 2.60. The summed E-state index contributed by atoms with van der Waals surface area (Å²) in [5.41, 5.74) is 0.129. The van der Waals surface area contributed by atoms with Gasteiger partial charge in [0.05, 0.1) is 24.2 Å². The van der Waals surface area contributed by atoms with Crippen LogP contribution in [0.2, 0.25) is 5.15 Å². The maximum Gasteiger partial charge on any atom is 0.416 e. The highest BCUT2D eigenvalue weighted by Crippen LogP contribution is 2.40. The number of anilines is 2. The Morgan fingerprint density at radius 1 is 1.43 bits per heavy atom. The van der Waals surface area contributed by atoms with Crippen LogP contribution in [0.15, 0.2) is 6.07 Å². The van der Waals surface area contributed by atoms with Crippen LogP contribution in [-0.2, 0) is 4.74 Å². The standard InChI is InChI=1S/C15H18ClN5O2/c1-15(2,3)23-14(22)21-8-10-4-9(6-17)7-20(10)11-5-12(16)18-19-13(11)21/h5,9-10H,4,7-8H2,1-3H3/t9-,10+/m0/s1. The fourth-order valence-electron chi connectivity index (χ4n) is 3.01. The van der Waals surface area contributed by atoms with Crippen LogP contribution in [0, 0.1) is 17.2 Å². The van der Waals surface area contributed by atoms with Gasteiger partial charge in [0, 0.05) is 18.7 Å². The van der Waals surface area contributed by atoms with Crippen molar-refractivity contribution in [3.8, 4) is 6.07 Å². The van der Waals surface area contributed by atoms with Gasteiger partial charge in [-0.1, -0.05) is 11.6 Å². The molecule has 0 aliphatic carbocycles. The summed E-state index contributed by atoms with van der Waals surface area (Å²) in [6.45, 7) is 6.49. The van der Waals surface area contributed by atoms with E-state index in [4.69, 9.17) is 16.3 Å². The van der Waals surface area contributed by atoms with E-state index in [1.54, 1.807) is 6.07 Å². The average Bonchev–Trinajstić information content (AvgIpc) is 2.87. The van der Waals surface area contributed by atoms with E-state index in [0.717, 1.165) is 5.69 Å². The number of carbonyl (C=O) groups is 1. The number of hydrogen-bond donors (Lipinski definition) is 0. The van der Waals surface area contributed by atoms with E-state index >= 15 is 0 Å². The summed E-state index contributed by atoms with van der Waals surface area (Å²) < 4.78 is 5.47. The first-order chi connectivity index (χ1) is 10.8. The molecule has 0 saturated carbocycles. The first-order valence-electron chi connectivity index (χ1n) is 7.48. The summed E-state index contributed by atoms with van der Waals surface area (Å²) >= 11 is 5.97. The highest BCUT2D eigenvalue weighted by atomic mass is 35.5. The molecular weight excluding hydrogens is 318 g/mol. The van der Waals surface area contributed by atoms with Crippen molar-refractivity contribution >= 4 is 29.2 Å². The molecule has 0 unspecified atom stereocenters. The van der Waals surface area contributed by atoms with Crippen molar-refractivity contribution in [3.63, 3.8) is 0 Å². The van der Waals surface area contributed by atoms with Gasteiger partial charge >= 0.3 is 6.09 Å². The second-order valence-electron chi connectivity index (χ2n) is 6.83. The third-order valence-corrected chi connectivity index (χ3v) is 4.08. The molecule has 0 aromatic carbocycles. The smallest absolute Gasteiger partial charge is 0.416 e. The van der Waals surface area contributed by atoms with Crippen LogP contribution in [0.25, 0.3) is 0 Å². The third kappa shape index (κ3) is 3.04. The molecule has 2 aliphatic rings. The van der Waals surface area contributed by atoms with E-state index in [-0.39, 0.29) is 17.1 Å². The Bertz CT molecular complexity index is 681. The number of nitrogens with zero attached hydrogens (tertiary/aromatic N) is 5. The van der Waals surface area contributed by atoms with Crippen molar-refractivity contribution in [3.05, 3.63) is 11.2 Å². The molecule has 23 heavy (non-hydrogen) atoms. The molecule has 0 radical (unpaired) electrons. The van der Waals surface area contributed by atoms with Gasteiger partial charge in [0.25, 0.3) is 0 Å². The molecule has 1 amide bonds. The van der Waals surface area contributed by atoms with Crippen molar-refractivity contribution in [2.24, 2.45) is 5.92 Å². The van der Waals surface area contributed by atoms with Crippen LogP contribution in [-0.4, -0.2) is 41.0 Å². The zero-order valence-corrected chi connectivity index (χ0v) is 14.0. The zero-order valence-electron chi connectivity index (χ0n) is 13.3. The van der Waals surface area contributed by atoms with Crippen LogP contribution in [0.4, 0.5) is 16.3 Å². The minimum Gasteiger partial charge on any atom is -0.443 e. The van der Waals surface area contributed by atoms with E-state index in [2.05, 4.69) is 21.2 Å². The number of amides is 1. The molecule has 1 aromatic heterocycles. The van der Waals surface area contributed by atoms with E-state index in [1.165, 1.54) is 4.90 Å². The largest absolute Gasteiger partial charge is 0.443 e. The summed E-state index contributed by atoms with van der Waals surface area (Å²) in [4.78, 5) is 16.1. The average molecular weight is 336 g/mol. The Kier molecular flexibility index (Phi) is 3.80. The van der Waals surface area contributed by atoms with Crippen LogP contribution < -0.4 is 9.80 Å². The molecule has 0 bridgehead atoms. The lowest BCUT2D eigenvalue weighted by Crippen LogP contribution is -2.50. The van der Waals surface area contributed by atoms with E-state index < -0.39 is 11.7 Å². The second kappa shape index (κ2) is 5.53. The Labute approximate surface area is 139 Å². The normalized spacial score (nSPS) is 23.1. The summed E-state index contributed by atoms with van der Waals surface area (Å²) in [6.07, 6.45) is 0.241. The van der Waals surface area contributed by atoms with Gasteiger partial charge in [-0.05, 0) is 27.2 Å². The Morgan fingerprint density at radius 2 is 2.17 bits per heavy atom. The molecule has 3 rings (SSSR count). The topological polar surface area (TPSA) is 82.4 Å². The van der Waals surface area contributed by atoms with Crippen molar-refractivity contribution in [1.82, 2.24) is 10.2 Å². The quantitative estimate of drug-likeness (QED) is 0.724. The molecule has 3 heterocycles. The predicted molar refractivity (Wildman–Crippen MR) is 85.5 cm³/mol. The van der Waals surface area contributed by atoms with Gasteiger partial charge in [0.1, 0.15) is 5.60 Å². The second-order valence-corrected chi connectivity index (χ2v) is 7.22. The van der Waals surface area contributed by atoms with E-state index in [1.807, 2.05) is 20.8 Å². The summed E-state index contributed by atoms with van der Waals surface area (Å²) in [5.74, 6) is 0.358. The van der Waals surface area contributed by atoms with Crippen LogP contribution >= 0.6 is 11.6 Å². The maximum absolute atomic E-state index is 12.5. The minimum absolute atomic E-state index is 0.0555. The lowest BCUT2D eigenvalue weighted by Gasteiger charge is -2.38. The van der Waals surface area contributed by atoms with Crippen molar-refractivity contribution < 1.29 is 9.53 Å². The molecule has 0 spiro atoms. The number of hydrogen-bond acceptors (Lipinski definition) is 6. The van der Waals surface area contributed by atoms with Gasteiger partial charge in [0.15, 0.2) is 11.0 Å². The molecule has 2 atom stereocenters. The fraction of sp³-hybridized carbons (Fsp3) is 0.600. The Hall–Kier alpha value is -2.07. The first-order valence-corrected chi connectivity index (χ1v) is 7.86. The van der Waals surface area contributed by atoms with Crippen molar-refractivity contribution in [2.75, 3.05) is 22.9 Å². The van der Waals surface area contributed by atoms with E-state index in [0.29, 0.717) is 25.3 Å². The highest BCUT2D eigenvalue weighted by molar-refractivity contribution is 6.29. The third-order valence-electron chi connectivity index (χ3n) is 3.89. The molecule has 7 nitrogen and oxygen atoms in total. The summed E-state index contributed by atoms with van der Waals surface area (Å²) in [6, 6.07) is 4.05. The fourth-order valence-corrected chi connectivity index (χ4v) is 3.15. The Balaban J connectivity index is 1.97. The first kappa shape index (κ1) is 15.8. The monoisotopic (exact) mass is 335 g/mol. The van der Waals surface area contributed by atoms with Gasteiger partial charge in [-0.15, -0.1) is 10.2 Å². The van der Waals surface area contributed by atoms with Gasteiger partial charge in [0.2, 0.25) is 0 Å². The maximum atomic E-state index is 12.5. The van der Waals surface area contributed by atoms with Crippen LogP contribution in [0.3, 0.4) is 0 Å². The number of aromatic nitrogens is 2. The number of nitriles is 1. The molecule has 1 aromatic rings. The summed E-state index contributed by atoms with van der Waals surface area (Å²) in [7, 11) is 0. The lowest BCUT2D eigenvalue weighted by atomic mass is 10.1. The molecular formula is C15H18ClN5O2. The number of carbonyl (C=O) groups excluding carboxylic acids is 1.